The van der Waals surface area contributed by atoms with E-state index in [0.29, 0.717) is 0 Å². The molecule has 1 aromatic carbocycles. The predicted molar refractivity (Wildman–Crippen MR) is 62.3 cm³/mol. The van der Waals surface area contributed by atoms with Crippen molar-refractivity contribution in [2.24, 2.45) is 5.41 Å². The Kier molecular flexibility index (Phi) is 3.75. The summed E-state index contributed by atoms with van der Waals surface area (Å²) in [7, 11) is 1.66. The summed E-state index contributed by atoms with van der Waals surface area (Å²) in [5.41, 5.74) is 1.19. The van der Waals surface area contributed by atoms with Crippen molar-refractivity contribution >= 4 is 0 Å². The first kappa shape index (κ1) is 12.1. The van der Waals surface area contributed by atoms with Crippen LogP contribution in [0.25, 0.3) is 0 Å². The minimum Gasteiger partial charge on any atom is -0.497 e. The molecule has 1 unspecified atom stereocenters. The van der Waals surface area contributed by atoms with Crippen LogP contribution in [0, 0.1) is 5.41 Å². The van der Waals surface area contributed by atoms with Crippen molar-refractivity contribution in [1.29, 1.82) is 0 Å². The number of rotatable bonds is 3. The Labute approximate surface area is 91.9 Å². The fraction of sp³-hybridized carbons (Fsp3) is 0.538. The highest BCUT2D eigenvalue weighted by Gasteiger charge is 2.25. The zero-order chi connectivity index (χ0) is 11.5. The Hall–Kier alpha value is -1.02. The van der Waals surface area contributed by atoms with Crippen molar-refractivity contribution in [3.8, 4) is 5.75 Å². The highest BCUT2D eigenvalue weighted by atomic mass is 16.5. The molecule has 84 valence electrons. The first-order chi connectivity index (χ1) is 6.99. The second kappa shape index (κ2) is 4.67. The lowest BCUT2D eigenvalue weighted by Gasteiger charge is -2.29. The SMILES string of the molecule is COc1cccc(C(CO)C(C)(C)C)c1. The summed E-state index contributed by atoms with van der Waals surface area (Å²) < 4.78 is 5.18. The van der Waals surface area contributed by atoms with Gasteiger partial charge in [0.25, 0.3) is 0 Å². The molecule has 0 saturated carbocycles. The molecule has 1 rings (SSSR count). The van der Waals surface area contributed by atoms with E-state index in [-0.39, 0.29) is 17.9 Å². The molecule has 1 N–H and O–H groups in total. The molecule has 1 atom stereocenters. The Morgan fingerprint density at radius 1 is 1.33 bits per heavy atom. The molecule has 2 nitrogen and oxygen atoms in total. The summed E-state index contributed by atoms with van der Waals surface area (Å²) in [5, 5.41) is 9.44. The number of methoxy groups -OCH3 is 1. The normalized spacial score (nSPS) is 13.7. The number of ether oxygens (including phenoxy) is 1. The number of hydrogen-bond acceptors (Lipinski definition) is 2. The van der Waals surface area contributed by atoms with Crippen LogP contribution in [0.2, 0.25) is 0 Å². The van der Waals surface area contributed by atoms with Crippen LogP contribution in [0.3, 0.4) is 0 Å². The van der Waals surface area contributed by atoms with Gasteiger partial charge >= 0.3 is 0 Å². The van der Waals surface area contributed by atoms with Crippen molar-refractivity contribution in [3.63, 3.8) is 0 Å². The number of benzene rings is 1. The summed E-state index contributed by atoms with van der Waals surface area (Å²) in [6.45, 7) is 6.56. The van der Waals surface area contributed by atoms with Gasteiger partial charge in [-0.25, -0.2) is 0 Å². The van der Waals surface area contributed by atoms with Gasteiger partial charge in [0.15, 0.2) is 0 Å². The van der Waals surface area contributed by atoms with E-state index in [1.807, 2.05) is 24.3 Å². The molecular weight excluding hydrogens is 188 g/mol. The largest absolute Gasteiger partial charge is 0.497 e. The lowest BCUT2D eigenvalue weighted by molar-refractivity contribution is 0.186. The third kappa shape index (κ3) is 2.96. The molecule has 1 aromatic rings. The molecule has 0 aromatic heterocycles. The zero-order valence-corrected chi connectivity index (χ0v) is 9.95. The smallest absolute Gasteiger partial charge is 0.119 e. The molecule has 0 saturated heterocycles. The average molecular weight is 208 g/mol. The zero-order valence-electron chi connectivity index (χ0n) is 9.95. The fourth-order valence-electron chi connectivity index (χ4n) is 1.74. The minimum absolute atomic E-state index is 0.0567. The van der Waals surface area contributed by atoms with Crippen molar-refractivity contribution in [2.45, 2.75) is 26.7 Å². The maximum absolute atomic E-state index is 9.44. The van der Waals surface area contributed by atoms with E-state index < -0.39 is 0 Å². The van der Waals surface area contributed by atoms with Gasteiger partial charge in [0.05, 0.1) is 13.7 Å². The minimum atomic E-state index is 0.0567. The maximum Gasteiger partial charge on any atom is 0.119 e. The van der Waals surface area contributed by atoms with Crippen LogP contribution in [0.4, 0.5) is 0 Å². The molecule has 2 heteroatoms. The third-order valence-electron chi connectivity index (χ3n) is 2.72. The van der Waals surface area contributed by atoms with Gasteiger partial charge in [-0.05, 0) is 23.1 Å². The molecule has 0 bridgehead atoms. The van der Waals surface area contributed by atoms with E-state index in [9.17, 15) is 5.11 Å². The van der Waals surface area contributed by atoms with E-state index in [1.165, 1.54) is 0 Å². The van der Waals surface area contributed by atoms with Crippen LogP contribution < -0.4 is 4.74 Å². The van der Waals surface area contributed by atoms with Crippen LogP contribution in [-0.2, 0) is 0 Å². The van der Waals surface area contributed by atoms with E-state index in [0.717, 1.165) is 11.3 Å². The highest BCUT2D eigenvalue weighted by Crippen LogP contribution is 2.35. The number of aliphatic hydroxyl groups is 1. The van der Waals surface area contributed by atoms with Gasteiger partial charge in [-0.3, -0.25) is 0 Å². The average Bonchev–Trinajstić information content (AvgIpc) is 2.17. The lowest BCUT2D eigenvalue weighted by atomic mass is 9.77. The summed E-state index contributed by atoms with van der Waals surface area (Å²) in [5.74, 6) is 0.989. The topological polar surface area (TPSA) is 29.5 Å². The van der Waals surface area contributed by atoms with Crippen LogP contribution in [0.15, 0.2) is 24.3 Å². The molecule has 0 amide bonds. The highest BCUT2D eigenvalue weighted by molar-refractivity contribution is 5.31. The molecule has 0 aliphatic heterocycles. The Balaban J connectivity index is 3.02. The Morgan fingerprint density at radius 3 is 2.47 bits per heavy atom. The summed E-state index contributed by atoms with van der Waals surface area (Å²) in [6, 6.07) is 7.91. The van der Waals surface area contributed by atoms with Crippen LogP contribution in [0.5, 0.6) is 5.75 Å². The van der Waals surface area contributed by atoms with E-state index in [2.05, 4.69) is 20.8 Å². The van der Waals surface area contributed by atoms with Gasteiger partial charge in [-0.1, -0.05) is 32.9 Å². The predicted octanol–water partition coefficient (Wildman–Crippen LogP) is 2.82. The lowest BCUT2D eigenvalue weighted by Crippen LogP contribution is -2.21. The van der Waals surface area contributed by atoms with Crippen molar-refractivity contribution in [3.05, 3.63) is 29.8 Å². The van der Waals surface area contributed by atoms with Crippen LogP contribution in [0.1, 0.15) is 32.3 Å². The van der Waals surface area contributed by atoms with Gasteiger partial charge < -0.3 is 9.84 Å². The first-order valence-corrected chi connectivity index (χ1v) is 5.24. The van der Waals surface area contributed by atoms with Crippen molar-refractivity contribution in [2.75, 3.05) is 13.7 Å². The Bertz CT molecular complexity index is 313. The van der Waals surface area contributed by atoms with E-state index >= 15 is 0 Å². The first-order valence-electron chi connectivity index (χ1n) is 5.24. The molecule has 0 fully saturated rings. The number of aliphatic hydroxyl groups excluding tert-OH is 1. The van der Waals surface area contributed by atoms with Crippen LogP contribution in [-0.4, -0.2) is 18.8 Å². The second-order valence-corrected chi connectivity index (χ2v) is 4.88. The molecule has 15 heavy (non-hydrogen) atoms. The van der Waals surface area contributed by atoms with Gasteiger partial charge in [0.1, 0.15) is 5.75 Å². The van der Waals surface area contributed by atoms with Crippen molar-refractivity contribution in [1.82, 2.24) is 0 Å². The summed E-state index contributed by atoms with van der Waals surface area (Å²) >= 11 is 0. The van der Waals surface area contributed by atoms with Gasteiger partial charge in [-0.15, -0.1) is 0 Å². The summed E-state index contributed by atoms with van der Waals surface area (Å²) in [4.78, 5) is 0. The van der Waals surface area contributed by atoms with Gasteiger partial charge in [0, 0.05) is 5.92 Å². The van der Waals surface area contributed by atoms with Gasteiger partial charge in [-0.2, -0.15) is 0 Å². The molecular formula is C13H20O2. The molecule has 0 spiro atoms. The van der Waals surface area contributed by atoms with E-state index in [1.54, 1.807) is 7.11 Å². The Morgan fingerprint density at radius 2 is 2.00 bits per heavy atom. The van der Waals surface area contributed by atoms with E-state index in [4.69, 9.17) is 4.74 Å². The van der Waals surface area contributed by atoms with Crippen molar-refractivity contribution < 1.29 is 9.84 Å². The maximum atomic E-state index is 9.44. The van der Waals surface area contributed by atoms with Gasteiger partial charge in [0.2, 0.25) is 0 Å². The fourth-order valence-corrected chi connectivity index (χ4v) is 1.74. The third-order valence-corrected chi connectivity index (χ3v) is 2.72. The van der Waals surface area contributed by atoms with Crippen LogP contribution >= 0.6 is 0 Å². The molecule has 0 radical (unpaired) electrons. The monoisotopic (exact) mass is 208 g/mol. The summed E-state index contributed by atoms with van der Waals surface area (Å²) in [6.07, 6.45) is 0. The second-order valence-electron chi connectivity index (χ2n) is 4.88. The molecule has 0 aliphatic rings. The molecule has 0 aliphatic carbocycles. The number of hydrogen-bond donors (Lipinski definition) is 1. The quantitative estimate of drug-likeness (QED) is 0.827. The standard InChI is InChI=1S/C13H20O2/c1-13(2,3)12(9-14)10-6-5-7-11(8-10)15-4/h5-8,12,14H,9H2,1-4H3. The molecule has 0 heterocycles.